The fourth-order valence-electron chi connectivity index (χ4n) is 4.96. The average molecular weight is 523 g/mol. The third-order valence-corrected chi connectivity index (χ3v) is 7.50. The summed E-state index contributed by atoms with van der Waals surface area (Å²) in [4.78, 5) is 9.41. The zero-order valence-electron chi connectivity index (χ0n) is 26.7. The van der Waals surface area contributed by atoms with E-state index in [4.69, 9.17) is 9.97 Å². The van der Waals surface area contributed by atoms with Crippen molar-refractivity contribution in [1.82, 2.24) is 9.97 Å². The van der Waals surface area contributed by atoms with Crippen LogP contribution in [-0.4, -0.2) is 9.97 Å². The van der Waals surface area contributed by atoms with Crippen molar-refractivity contribution in [3.8, 4) is 11.4 Å². The quantitative estimate of drug-likeness (QED) is 0.262. The molecular formula is C37H50N2. The summed E-state index contributed by atoms with van der Waals surface area (Å²) in [6.07, 6.45) is 3.97. The lowest BCUT2D eigenvalue weighted by molar-refractivity contribution is 0.586. The Labute approximate surface area is 238 Å². The van der Waals surface area contributed by atoms with E-state index in [1.807, 2.05) is 12.4 Å². The molecule has 2 heterocycles. The van der Waals surface area contributed by atoms with Crippen LogP contribution < -0.4 is 0 Å². The number of hydrogen-bond donors (Lipinski definition) is 0. The highest BCUT2D eigenvalue weighted by molar-refractivity contribution is 5.89. The van der Waals surface area contributed by atoms with Crippen LogP contribution in [0.4, 0.5) is 0 Å². The highest BCUT2D eigenvalue weighted by Crippen LogP contribution is 2.34. The van der Waals surface area contributed by atoms with Gasteiger partial charge >= 0.3 is 0 Å². The van der Waals surface area contributed by atoms with Crippen LogP contribution in [-0.2, 0) is 16.2 Å². The third kappa shape index (κ3) is 7.15. The maximum absolute atomic E-state index is 4.71. The molecule has 0 atom stereocenters. The van der Waals surface area contributed by atoms with Crippen LogP contribution >= 0.6 is 0 Å². The van der Waals surface area contributed by atoms with E-state index >= 15 is 0 Å². The molecular weight excluding hydrogens is 472 g/mol. The summed E-state index contributed by atoms with van der Waals surface area (Å²) in [5, 5.41) is 2.82. The fraction of sp³-hybridized carbons (Fsp3) is 0.459. The Morgan fingerprint density at radius 2 is 1.00 bits per heavy atom. The summed E-state index contributed by atoms with van der Waals surface area (Å²) < 4.78 is 0. The monoisotopic (exact) mass is 522 g/mol. The number of hydrogen-bond acceptors (Lipinski definition) is 2. The van der Waals surface area contributed by atoms with Gasteiger partial charge in [0, 0.05) is 12.4 Å². The Balaban J connectivity index is 0.000000223. The van der Waals surface area contributed by atoms with Crippen molar-refractivity contribution >= 4 is 10.8 Å². The molecule has 2 nitrogen and oxygen atoms in total. The normalized spacial score (nSPS) is 12.5. The number of pyridine rings is 2. The van der Waals surface area contributed by atoms with Crippen molar-refractivity contribution in [3.05, 3.63) is 94.3 Å². The van der Waals surface area contributed by atoms with E-state index in [1.54, 1.807) is 0 Å². The van der Waals surface area contributed by atoms with E-state index in [0.717, 1.165) is 11.4 Å². The van der Waals surface area contributed by atoms with E-state index in [9.17, 15) is 0 Å². The summed E-state index contributed by atoms with van der Waals surface area (Å²) in [7, 11) is 0. The van der Waals surface area contributed by atoms with Gasteiger partial charge in [0.1, 0.15) is 0 Å². The molecule has 208 valence electrons. The molecule has 0 aliphatic rings. The second-order valence-electron chi connectivity index (χ2n) is 14.4. The lowest BCUT2D eigenvalue weighted by Gasteiger charge is -2.22. The topological polar surface area (TPSA) is 25.8 Å². The van der Waals surface area contributed by atoms with Gasteiger partial charge in [-0.2, -0.15) is 0 Å². The van der Waals surface area contributed by atoms with Gasteiger partial charge in [-0.05, 0) is 80.2 Å². The predicted molar refractivity (Wildman–Crippen MR) is 171 cm³/mol. The Morgan fingerprint density at radius 3 is 1.38 bits per heavy atom. The second-order valence-corrected chi connectivity index (χ2v) is 14.4. The number of nitrogens with zero attached hydrogens (tertiary/aromatic N) is 2. The molecule has 2 aromatic heterocycles. The second kappa shape index (κ2) is 11.2. The molecule has 4 rings (SSSR count). The van der Waals surface area contributed by atoms with Gasteiger partial charge < -0.3 is 0 Å². The van der Waals surface area contributed by atoms with Crippen LogP contribution in [0.2, 0.25) is 0 Å². The number of rotatable bonds is 2. The first kappa shape index (κ1) is 30.5. The molecule has 0 saturated carbocycles. The fourth-order valence-corrected chi connectivity index (χ4v) is 4.96. The summed E-state index contributed by atoms with van der Waals surface area (Å²) in [5.74, 6) is 0.578. The number of benzene rings is 2. The molecule has 4 aromatic rings. The molecule has 2 heteroatoms. The van der Waals surface area contributed by atoms with Crippen molar-refractivity contribution < 1.29 is 0 Å². The van der Waals surface area contributed by atoms with Gasteiger partial charge in [0.15, 0.2) is 0 Å². The van der Waals surface area contributed by atoms with Crippen molar-refractivity contribution in [3.63, 3.8) is 0 Å². The minimum Gasteiger partial charge on any atom is -0.254 e. The lowest BCUT2D eigenvalue weighted by atomic mass is 9.82. The molecule has 39 heavy (non-hydrogen) atoms. The zero-order chi connectivity index (χ0) is 29.3. The SMILES string of the molecule is CC(C)c1cccc2c(C(C)(C)C)cccc12.Cc1cc(C(C)(C)C)cnc1-c1ncc(C(C)(C)C)cc1C. The van der Waals surface area contributed by atoms with E-state index in [2.05, 4.69) is 139 Å². The van der Waals surface area contributed by atoms with Crippen molar-refractivity contribution in [2.45, 2.75) is 112 Å². The number of aromatic nitrogens is 2. The van der Waals surface area contributed by atoms with Crippen LogP contribution in [0.5, 0.6) is 0 Å². The highest BCUT2D eigenvalue weighted by atomic mass is 14.8. The van der Waals surface area contributed by atoms with Gasteiger partial charge in [-0.3, -0.25) is 9.97 Å². The minimum atomic E-state index is 0.120. The van der Waals surface area contributed by atoms with E-state index in [0.29, 0.717) is 5.92 Å². The van der Waals surface area contributed by atoms with Crippen LogP contribution in [0.1, 0.15) is 115 Å². The van der Waals surface area contributed by atoms with Crippen molar-refractivity contribution in [2.75, 3.05) is 0 Å². The molecule has 0 fully saturated rings. The van der Waals surface area contributed by atoms with E-state index in [1.165, 1.54) is 44.2 Å². The van der Waals surface area contributed by atoms with Gasteiger partial charge in [0.25, 0.3) is 0 Å². The molecule has 0 aliphatic heterocycles. The Morgan fingerprint density at radius 1 is 0.564 bits per heavy atom. The molecule has 0 N–H and O–H groups in total. The molecule has 0 bridgehead atoms. The van der Waals surface area contributed by atoms with E-state index < -0.39 is 0 Å². The first-order valence-corrected chi connectivity index (χ1v) is 14.4. The maximum atomic E-state index is 4.71. The largest absolute Gasteiger partial charge is 0.254 e. The molecule has 0 amide bonds. The summed E-state index contributed by atoms with van der Waals surface area (Å²) in [6.45, 7) is 28.9. The van der Waals surface area contributed by atoms with Crippen LogP contribution in [0, 0.1) is 13.8 Å². The molecule has 0 radical (unpaired) electrons. The van der Waals surface area contributed by atoms with Crippen molar-refractivity contribution in [1.29, 1.82) is 0 Å². The summed E-state index contributed by atoms with van der Waals surface area (Å²) in [5.41, 5.74) is 10.2. The summed E-state index contributed by atoms with van der Waals surface area (Å²) in [6, 6.07) is 17.9. The molecule has 0 spiro atoms. The number of fused-ring (bicyclic) bond motifs is 1. The van der Waals surface area contributed by atoms with Gasteiger partial charge in [0.2, 0.25) is 0 Å². The van der Waals surface area contributed by atoms with Crippen LogP contribution in [0.15, 0.2) is 60.9 Å². The Kier molecular flexibility index (Phi) is 8.80. The molecule has 0 aliphatic carbocycles. The predicted octanol–water partition coefficient (Wildman–Crippen LogP) is 10.6. The lowest BCUT2D eigenvalue weighted by Crippen LogP contribution is -2.13. The molecule has 0 saturated heterocycles. The zero-order valence-corrected chi connectivity index (χ0v) is 26.7. The van der Waals surface area contributed by atoms with Gasteiger partial charge in [0.05, 0.1) is 11.4 Å². The first-order valence-electron chi connectivity index (χ1n) is 14.4. The van der Waals surface area contributed by atoms with Gasteiger partial charge in [-0.1, -0.05) is 125 Å². The Hall–Kier alpha value is -3.00. The molecule has 0 unspecified atom stereocenters. The standard InChI is InChI=1S/C20H28N2.C17H22/c1-13-9-15(19(3,4)5)11-21-17(13)18-14(2)10-16(12-22-18)20(6,7)8;1-12(2)13-8-6-10-15-14(13)9-7-11-16(15)17(3,4)5/h9-12H,1-8H3;6-12H,1-5H3. The highest BCUT2D eigenvalue weighted by Gasteiger charge is 2.20. The minimum absolute atomic E-state index is 0.120. The first-order chi connectivity index (χ1) is 17.9. The Bertz CT molecular complexity index is 1380. The van der Waals surface area contributed by atoms with Crippen LogP contribution in [0.3, 0.4) is 0 Å². The average Bonchev–Trinajstić information content (AvgIpc) is 2.82. The number of aryl methyl sites for hydroxylation is 2. The van der Waals surface area contributed by atoms with Gasteiger partial charge in [-0.15, -0.1) is 0 Å². The smallest absolute Gasteiger partial charge is 0.0918 e. The van der Waals surface area contributed by atoms with Gasteiger partial charge in [-0.25, -0.2) is 0 Å². The third-order valence-electron chi connectivity index (χ3n) is 7.50. The summed E-state index contributed by atoms with van der Waals surface area (Å²) >= 11 is 0. The maximum Gasteiger partial charge on any atom is 0.0918 e. The van der Waals surface area contributed by atoms with Crippen LogP contribution in [0.25, 0.3) is 22.2 Å². The van der Waals surface area contributed by atoms with E-state index in [-0.39, 0.29) is 16.2 Å². The molecule has 2 aromatic carbocycles. The van der Waals surface area contributed by atoms with Crippen molar-refractivity contribution in [2.24, 2.45) is 0 Å².